The molecule has 0 aliphatic heterocycles. The van der Waals surface area contributed by atoms with Gasteiger partial charge in [-0.2, -0.15) is 0 Å². The highest BCUT2D eigenvalue weighted by molar-refractivity contribution is 7.92. The molecule has 0 unspecified atom stereocenters. The van der Waals surface area contributed by atoms with Gasteiger partial charge in [-0.3, -0.25) is 13.9 Å². The van der Waals surface area contributed by atoms with Crippen LogP contribution in [0.1, 0.15) is 38.3 Å². The first kappa shape index (κ1) is 29.2. The summed E-state index contributed by atoms with van der Waals surface area (Å²) in [5.74, 6) is -0.935. The molecule has 0 aliphatic rings. The molecule has 192 valence electrons. The topological polar surface area (TPSA) is 86.8 Å². The van der Waals surface area contributed by atoms with E-state index >= 15 is 0 Å². The summed E-state index contributed by atoms with van der Waals surface area (Å²) in [6, 6.07) is 8.65. The number of rotatable bonds is 10. The number of carbonyl (C=O) groups is 2. The van der Waals surface area contributed by atoms with Crippen molar-refractivity contribution in [2.24, 2.45) is 0 Å². The number of aryl methyl sites for hydroxylation is 1. The minimum absolute atomic E-state index is 0.0178. The maximum Gasteiger partial charge on any atom is 0.244 e. The van der Waals surface area contributed by atoms with Gasteiger partial charge in [0.2, 0.25) is 21.8 Å². The Morgan fingerprint density at radius 1 is 1.03 bits per heavy atom. The number of benzene rings is 2. The lowest BCUT2D eigenvalue weighted by Crippen LogP contribution is -2.52. The summed E-state index contributed by atoms with van der Waals surface area (Å²) < 4.78 is 26.4. The summed E-state index contributed by atoms with van der Waals surface area (Å²) in [7, 11) is -3.86. The molecule has 0 aromatic heterocycles. The molecule has 0 aliphatic carbocycles. The van der Waals surface area contributed by atoms with Gasteiger partial charge in [0.15, 0.2) is 0 Å². The third-order valence-corrected chi connectivity index (χ3v) is 7.59. The van der Waals surface area contributed by atoms with Crippen LogP contribution in [0.15, 0.2) is 36.4 Å². The van der Waals surface area contributed by atoms with Crippen LogP contribution in [0.2, 0.25) is 15.1 Å². The lowest BCUT2D eigenvalue weighted by atomic mass is 10.1. The van der Waals surface area contributed by atoms with E-state index in [4.69, 9.17) is 34.8 Å². The molecule has 0 heterocycles. The van der Waals surface area contributed by atoms with Crippen molar-refractivity contribution in [3.05, 3.63) is 62.6 Å². The molecule has 0 fully saturated rings. The summed E-state index contributed by atoms with van der Waals surface area (Å²) in [6.07, 6.45) is 1.73. The molecule has 2 aromatic carbocycles. The van der Waals surface area contributed by atoms with Crippen molar-refractivity contribution in [1.29, 1.82) is 0 Å². The quantitative estimate of drug-likeness (QED) is 0.439. The van der Waals surface area contributed by atoms with Gasteiger partial charge in [0.05, 0.1) is 11.9 Å². The fraction of sp³-hybridized carbons (Fsp3) is 0.417. The largest absolute Gasteiger partial charge is 0.352 e. The number of anilines is 1. The summed E-state index contributed by atoms with van der Waals surface area (Å²) in [4.78, 5) is 27.8. The Kier molecular flexibility index (Phi) is 10.3. The van der Waals surface area contributed by atoms with Crippen molar-refractivity contribution >= 4 is 62.3 Å². The van der Waals surface area contributed by atoms with Crippen molar-refractivity contribution in [1.82, 2.24) is 10.2 Å². The first-order valence-corrected chi connectivity index (χ1v) is 14.0. The normalized spacial score (nSPS) is 13.1. The van der Waals surface area contributed by atoms with E-state index in [1.807, 2.05) is 13.8 Å². The van der Waals surface area contributed by atoms with Gasteiger partial charge in [-0.05, 0) is 62.6 Å². The second kappa shape index (κ2) is 12.3. The van der Waals surface area contributed by atoms with Crippen molar-refractivity contribution in [3.8, 4) is 0 Å². The number of amides is 2. The predicted molar refractivity (Wildman–Crippen MR) is 143 cm³/mol. The lowest BCUT2D eigenvalue weighted by Gasteiger charge is -2.32. The van der Waals surface area contributed by atoms with Crippen LogP contribution >= 0.6 is 34.8 Å². The average molecular weight is 563 g/mol. The molecular weight excluding hydrogens is 533 g/mol. The zero-order chi connectivity index (χ0) is 26.5. The van der Waals surface area contributed by atoms with E-state index in [0.29, 0.717) is 32.6 Å². The molecule has 0 saturated heterocycles. The number of halogens is 3. The van der Waals surface area contributed by atoms with Gasteiger partial charge >= 0.3 is 0 Å². The van der Waals surface area contributed by atoms with Crippen molar-refractivity contribution in [3.63, 3.8) is 0 Å². The van der Waals surface area contributed by atoms with Gasteiger partial charge in [0, 0.05) is 27.7 Å². The van der Waals surface area contributed by atoms with Crippen molar-refractivity contribution < 1.29 is 18.0 Å². The van der Waals surface area contributed by atoms with E-state index in [1.165, 1.54) is 11.0 Å². The summed E-state index contributed by atoms with van der Waals surface area (Å²) in [5, 5.41) is 3.96. The molecular formula is C24H30Cl3N3O4S. The number of nitrogens with zero attached hydrogens (tertiary/aromatic N) is 2. The smallest absolute Gasteiger partial charge is 0.244 e. The molecule has 2 amide bonds. The molecule has 0 spiro atoms. The number of hydrogen-bond donors (Lipinski definition) is 1. The number of nitrogens with one attached hydrogen (secondary N) is 1. The molecule has 0 radical (unpaired) electrons. The molecule has 1 N–H and O–H groups in total. The lowest BCUT2D eigenvalue weighted by molar-refractivity contribution is -0.139. The third-order valence-electron chi connectivity index (χ3n) is 5.64. The summed E-state index contributed by atoms with van der Waals surface area (Å²) in [5.41, 5.74) is 1.48. The van der Waals surface area contributed by atoms with Gasteiger partial charge in [0.1, 0.15) is 12.6 Å². The Morgan fingerprint density at radius 2 is 1.63 bits per heavy atom. The fourth-order valence-electron chi connectivity index (χ4n) is 3.33. The monoisotopic (exact) mass is 561 g/mol. The molecule has 2 rings (SSSR count). The zero-order valence-corrected chi connectivity index (χ0v) is 23.4. The second-order valence-corrected chi connectivity index (χ2v) is 11.6. The van der Waals surface area contributed by atoms with Crippen LogP contribution in [0, 0.1) is 6.92 Å². The minimum atomic E-state index is -3.86. The maximum atomic E-state index is 13.6. The Balaban J connectivity index is 2.47. The maximum absolute atomic E-state index is 13.6. The molecule has 2 atom stereocenters. The first-order chi connectivity index (χ1) is 16.2. The number of hydrogen-bond acceptors (Lipinski definition) is 4. The molecule has 35 heavy (non-hydrogen) atoms. The summed E-state index contributed by atoms with van der Waals surface area (Å²) >= 11 is 18.4. The standard InChI is InChI=1S/C24H30Cl3N3O4S/c1-6-16(3)28-24(32)17(4)29(13-18-8-10-19(25)11-21(18)27)23(31)14-30(35(5,33)34)22-12-20(26)9-7-15(22)2/h7-12,16-17H,6,13-14H2,1-5H3,(H,28,32)/t16-,17-/m1/s1. The van der Waals surface area contributed by atoms with Crippen LogP contribution in [0.4, 0.5) is 5.69 Å². The Labute approximate surface area is 222 Å². The molecule has 7 nitrogen and oxygen atoms in total. The summed E-state index contributed by atoms with van der Waals surface area (Å²) in [6.45, 7) is 6.57. The minimum Gasteiger partial charge on any atom is -0.352 e. The zero-order valence-electron chi connectivity index (χ0n) is 20.3. The van der Waals surface area contributed by atoms with Crippen molar-refractivity contribution in [2.75, 3.05) is 17.1 Å². The SMILES string of the molecule is CC[C@@H](C)NC(=O)[C@@H](C)N(Cc1ccc(Cl)cc1Cl)C(=O)CN(c1cc(Cl)ccc1C)S(C)(=O)=O. The van der Waals surface area contributed by atoms with Crippen LogP contribution in [0.3, 0.4) is 0 Å². The van der Waals surface area contributed by atoms with E-state index in [9.17, 15) is 18.0 Å². The van der Waals surface area contributed by atoms with Crippen LogP contribution in [0.25, 0.3) is 0 Å². The average Bonchev–Trinajstić information content (AvgIpc) is 2.77. The van der Waals surface area contributed by atoms with E-state index < -0.39 is 28.5 Å². The van der Waals surface area contributed by atoms with Gasteiger partial charge in [-0.15, -0.1) is 0 Å². The Hall–Kier alpha value is -2.00. The Bertz CT molecular complexity index is 1190. The highest BCUT2D eigenvalue weighted by Crippen LogP contribution is 2.27. The van der Waals surface area contributed by atoms with Gasteiger partial charge < -0.3 is 10.2 Å². The highest BCUT2D eigenvalue weighted by Gasteiger charge is 2.31. The van der Waals surface area contributed by atoms with Gasteiger partial charge in [-0.1, -0.05) is 53.9 Å². The predicted octanol–water partition coefficient (Wildman–Crippen LogP) is 5.05. The fourth-order valence-corrected chi connectivity index (χ4v) is 4.86. The van der Waals surface area contributed by atoms with Crippen molar-refractivity contribution in [2.45, 2.75) is 52.7 Å². The first-order valence-electron chi connectivity index (χ1n) is 11.0. The molecule has 11 heteroatoms. The van der Waals surface area contributed by atoms with E-state index in [1.54, 1.807) is 44.2 Å². The molecule has 0 bridgehead atoms. The van der Waals surface area contributed by atoms with Crippen LogP contribution in [-0.4, -0.2) is 50.0 Å². The molecule has 2 aromatic rings. The van der Waals surface area contributed by atoms with E-state index in [2.05, 4.69) is 5.32 Å². The van der Waals surface area contributed by atoms with Gasteiger partial charge in [-0.25, -0.2) is 8.42 Å². The third kappa shape index (κ3) is 8.00. The number of carbonyl (C=O) groups excluding carboxylic acids is 2. The van der Waals surface area contributed by atoms with Crippen LogP contribution < -0.4 is 9.62 Å². The Morgan fingerprint density at radius 3 is 2.20 bits per heavy atom. The highest BCUT2D eigenvalue weighted by atomic mass is 35.5. The second-order valence-electron chi connectivity index (χ2n) is 8.45. The molecule has 0 saturated carbocycles. The van der Waals surface area contributed by atoms with Gasteiger partial charge in [0.25, 0.3) is 0 Å². The van der Waals surface area contributed by atoms with Crippen LogP contribution in [0.5, 0.6) is 0 Å². The van der Waals surface area contributed by atoms with E-state index in [-0.39, 0.29) is 24.2 Å². The van der Waals surface area contributed by atoms with Crippen LogP contribution in [-0.2, 0) is 26.2 Å². The van der Waals surface area contributed by atoms with E-state index in [0.717, 1.165) is 10.6 Å². The number of sulfonamides is 1.